The molecule has 14 heteroatoms. The normalized spacial score (nSPS) is 16.8. The molecule has 5 N–H and O–H groups in total. The number of allylic oxidation sites excluding steroid dienone is 4. The molecule has 41 heavy (non-hydrogen) atoms. The van der Waals surface area contributed by atoms with Gasteiger partial charge < -0.3 is 20.9 Å². The Morgan fingerprint density at radius 3 is 2.71 bits per heavy atom. The second-order valence-electron chi connectivity index (χ2n) is 8.97. The predicted molar refractivity (Wildman–Crippen MR) is 154 cm³/mol. The van der Waals surface area contributed by atoms with E-state index >= 15 is 0 Å². The van der Waals surface area contributed by atoms with E-state index in [-0.39, 0.29) is 28.5 Å². The molecule has 0 saturated carbocycles. The molecule has 1 aliphatic heterocycles. The summed E-state index contributed by atoms with van der Waals surface area (Å²) in [6, 6.07) is 8.62. The highest BCUT2D eigenvalue weighted by Gasteiger charge is 2.39. The first-order valence-corrected chi connectivity index (χ1v) is 12.8. The summed E-state index contributed by atoms with van der Waals surface area (Å²) in [5.41, 5.74) is 9.56. The van der Waals surface area contributed by atoms with Crippen LogP contribution in [0.4, 0.5) is 11.4 Å². The second-order valence-corrected chi connectivity index (χ2v) is 9.41. The topological polar surface area (TPSA) is 182 Å². The number of carbonyl (C=O) groups excluding carboxylic acids is 3. The number of aromatic nitrogens is 1. The summed E-state index contributed by atoms with van der Waals surface area (Å²) in [4.78, 5) is 47.3. The van der Waals surface area contributed by atoms with Gasteiger partial charge in [0.05, 0.1) is 17.1 Å². The number of nitrogens with one attached hydrogen (secondary N) is 5. The first-order chi connectivity index (χ1) is 19.7. The second kappa shape index (κ2) is 12.8. The van der Waals surface area contributed by atoms with Crippen LogP contribution in [0.2, 0.25) is 5.02 Å². The Morgan fingerprint density at radius 1 is 1.22 bits per heavy atom. The summed E-state index contributed by atoms with van der Waals surface area (Å²) in [7, 11) is 1.70. The number of hydrogen-bond donors (Lipinski definition) is 5. The average Bonchev–Trinajstić information content (AvgIpc) is 2.96. The Balaban J connectivity index is 1.63. The van der Waals surface area contributed by atoms with Crippen molar-refractivity contribution in [1.82, 2.24) is 20.5 Å². The first kappa shape index (κ1) is 28.8. The number of halogens is 1. The maximum atomic E-state index is 13.6. The number of piperazine rings is 1. The number of benzene rings is 1. The minimum absolute atomic E-state index is 0.0550. The number of hydrogen-bond acceptors (Lipinski definition) is 9. The molecule has 2 heterocycles. The molecule has 1 aromatic carbocycles. The Labute approximate surface area is 240 Å². The molecule has 13 nitrogen and oxygen atoms in total. The number of nitrogens with zero attached hydrogens (tertiary/aromatic N) is 5. The number of anilines is 2. The van der Waals surface area contributed by atoms with Crippen LogP contribution in [0.3, 0.4) is 0 Å². The number of pyridine rings is 1. The summed E-state index contributed by atoms with van der Waals surface area (Å²) < 4.78 is 0. The fourth-order valence-electron chi connectivity index (χ4n) is 4.40. The molecule has 0 bridgehead atoms. The molecule has 4 rings (SSSR count). The van der Waals surface area contributed by atoms with Gasteiger partial charge in [-0.3, -0.25) is 29.7 Å². The highest BCUT2D eigenvalue weighted by atomic mass is 35.5. The number of amides is 3. The summed E-state index contributed by atoms with van der Waals surface area (Å²) in [5, 5.41) is 25.7. The van der Waals surface area contributed by atoms with Crippen molar-refractivity contribution in [1.29, 1.82) is 16.3 Å². The molecular formula is C27H27ClN10O3. The molecule has 2 aromatic rings. The van der Waals surface area contributed by atoms with Gasteiger partial charge in [0.25, 0.3) is 0 Å². The van der Waals surface area contributed by atoms with E-state index in [0.29, 0.717) is 17.0 Å². The highest BCUT2D eigenvalue weighted by molar-refractivity contribution is 6.31. The molecule has 210 valence electrons. The van der Waals surface area contributed by atoms with E-state index in [4.69, 9.17) is 28.0 Å². The third-order valence-electron chi connectivity index (χ3n) is 6.35. The van der Waals surface area contributed by atoms with Crippen LogP contribution in [0.15, 0.2) is 83.5 Å². The molecule has 1 unspecified atom stereocenters. The van der Waals surface area contributed by atoms with Crippen LogP contribution in [-0.2, 0) is 20.8 Å². The maximum absolute atomic E-state index is 13.6. The van der Waals surface area contributed by atoms with Crippen molar-refractivity contribution < 1.29 is 14.4 Å². The predicted octanol–water partition coefficient (Wildman–Crippen LogP) is 2.57. The van der Waals surface area contributed by atoms with Gasteiger partial charge in [0.15, 0.2) is 0 Å². The highest BCUT2D eigenvalue weighted by Crippen LogP contribution is 2.33. The first-order valence-electron chi connectivity index (χ1n) is 12.4. The van der Waals surface area contributed by atoms with E-state index in [1.54, 1.807) is 55.9 Å². The summed E-state index contributed by atoms with van der Waals surface area (Å²) in [6.45, 7) is -0.820. The molecule has 1 fully saturated rings. The van der Waals surface area contributed by atoms with E-state index in [1.165, 1.54) is 28.0 Å². The van der Waals surface area contributed by atoms with Crippen LogP contribution >= 0.6 is 11.6 Å². The van der Waals surface area contributed by atoms with Crippen molar-refractivity contribution >= 4 is 52.7 Å². The summed E-state index contributed by atoms with van der Waals surface area (Å²) in [6.07, 6.45) is 8.82. The van der Waals surface area contributed by atoms with Crippen molar-refractivity contribution in [3.63, 3.8) is 0 Å². The molecular weight excluding hydrogens is 548 g/mol. The Bertz CT molecular complexity index is 1480. The molecule has 3 amide bonds. The minimum Gasteiger partial charge on any atom is -0.393 e. The SMILES string of the molecule is CN/C=C1/C=C(NC(=O)C(Cc2ccccn2)N2CC(=O)N(c3cc(Cl)ccc3N(C=N)N=N)CC2=O)C=CC1=N. The number of carbonyl (C=O) groups is 3. The van der Waals surface area contributed by atoms with Crippen LogP contribution in [0.25, 0.3) is 0 Å². The lowest BCUT2D eigenvalue weighted by Gasteiger charge is -2.38. The van der Waals surface area contributed by atoms with Gasteiger partial charge in [-0.25, -0.2) is 5.01 Å². The zero-order valence-electron chi connectivity index (χ0n) is 22.0. The van der Waals surface area contributed by atoms with E-state index in [2.05, 4.69) is 20.8 Å². The standard InChI is InChI=1S/C27H27ClN10O3/c1-32-13-17-10-20(6-7-21(17)30)34-27(41)24(12-19-4-2-3-9-33-19)37-15-25(39)36(14-26(37)40)23-11-18(28)5-8-22(23)38(16-29)35-31/h2-11,13,16,24,29-32H,12,14-15H2,1H3,(H,34,41)/b17-13-,29-16?,30-21?,35-31?. The fraction of sp³-hybridized carbons (Fsp3) is 0.185. The molecule has 1 saturated heterocycles. The van der Waals surface area contributed by atoms with Gasteiger partial charge in [-0.05, 0) is 48.6 Å². The smallest absolute Gasteiger partial charge is 0.247 e. The third-order valence-corrected chi connectivity index (χ3v) is 6.59. The van der Waals surface area contributed by atoms with Crippen LogP contribution in [0, 0.1) is 16.3 Å². The lowest BCUT2D eigenvalue weighted by atomic mass is 10.0. The van der Waals surface area contributed by atoms with Gasteiger partial charge in [0.2, 0.25) is 17.7 Å². The van der Waals surface area contributed by atoms with Crippen LogP contribution in [0.5, 0.6) is 0 Å². The van der Waals surface area contributed by atoms with E-state index in [0.717, 1.165) is 11.3 Å². The van der Waals surface area contributed by atoms with Crippen molar-refractivity contribution in [3.8, 4) is 0 Å². The Kier molecular flexibility index (Phi) is 8.99. The molecule has 1 aromatic heterocycles. The average molecular weight is 575 g/mol. The Morgan fingerprint density at radius 2 is 2.02 bits per heavy atom. The lowest BCUT2D eigenvalue weighted by molar-refractivity contribution is -0.145. The van der Waals surface area contributed by atoms with Crippen molar-refractivity contribution in [2.24, 2.45) is 5.22 Å². The van der Waals surface area contributed by atoms with Crippen LogP contribution in [0.1, 0.15) is 5.69 Å². The molecule has 2 aliphatic rings. The fourth-order valence-corrected chi connectivity index (χ4v) is 4.56. The van der Waals surface area contributed by atoms with Crippen LogP contribution in [-0.4, -0.2) is 65.8 Å². The summed E-state index contributed by atoms with van der Waals surface area (Å²) in [5.74, 6) is -1.52. The largest absolute Gasteiger partial charge is 0.393 e. The van der Waals surface area contributed by atoms with Gasteiger partial charge in [-0.15, -0.1) is 0 Å². The van der Waals surface area contributed by atoms with Crippen molar-refractivity contribution in [2.75, 3.05) is 30.0 Å². The van der Waals surface area contributed by atoms with Gasteiger partial charge >= 0.3 is 0 Å². The monoisotopic (exact) mass is 574 g/mol. The quantitative estimate of drug-likeness (QED) is 0.126. The van der Waals surface area contributed by atoms with Crippen molar-refractivity contribution in [2.45, 2.75) is 12.5 Å². The summed E-state index contributed by atoms with van der Waals surface area (Å²) >= 11 is 6.18. The minimum atomic E-state index is -1.07. The third kappa shape index (κ3) is 6.53. The van der Waals surface area contributed by atoms with Crippen molar-refractivity contribution in [3.05, 3.63) is 89.0 Å². The maximum Gasteiger partial charge on any atom is 0.247 e. The molecule has 0 spiro atoms. The molecule has 0 radical (unpaired) electrons. The van der Waals surface area contributed by atoms with Gasteiger partial charge in [0, 0.05) is 47.9 Å². The lowest BCUT2D eigenvalue weighted by Crippen LogP contribution is -2.60. The molecule has 1 atom stereocenters. The van der Waals surface area contributed by atoms with Gasteiger partial charge in [-0.2, -0.15) is 5.53 Å². The number of rotatable bonds is 10. The van der Waals surface area contributed by atoms with E-state index < -0.39 is 36.9 Å². The zero-order valence-corrected chi connectivity index (χ0v) is 22.7. The Hall–Kier alpha value is -5.17. The zero-order chi connectivity index (χ0) is 29.5. The van der Waals surface area contributed by atoms with E-state index in [1.807, 2.05) is 0 Å². The van der Waals surface area contributed by atoms with Gasteiger partial charge in [0.1, 0.15) is 25.5 Å². The van der Waals surface area contributed by atoms with Gasteiger partial charge in [-0.1, -0.05) is 22.9 Å². The van der Waals surface area contributed by atoms with E-state index in [9.17, 15) is 14.4 Å². The molecule has 1 aliphatic carbocycles. The van der Waals surface area contributed by atoms with Crippen LogP contribution < -0.4 is 20.5 Å².